The number of hydrogen-bond acceptors (Lipinski definition) is 1. The lowest BCUT2D eigenvalue weighted by Crippen LogP contribution is -2.23. The predicted molar refractivity (Wildman–Crippen MR) is 64.5 cm³/mol. The maximum absolute atomic E-state index is 13.6. The van der Waals surface area contributed by atoms with Crippen molar-refractivity contribution >= 4 is 0 Å². The fourth-order valence-electron chi connectivity index (χ4n) is 2.73. The molecule has 2 rings (SSSR count). The average Bonchev–Trinajstić information content (AvgIpc) is 2.57. The van der Waals surface area contributed by atoms with Gasteiger partial charge in [-0.05, 0) is 30.9 Å². The molecule has 1 atom stereocenters. The third-order valence-electron chi connectivity index (χ3n) is 3.74. The van der Waals surface area contributed by atoms with E-state index in [0.29, 0.717) is 0 Å². The maximum atomic E-state index is 13.6. The first-order valence-corrected chi connectivity index (χ1v) is 6.39. The highest BCUT2D eigenvalue weighted by atomic mass is 19.1. The van der Waals surface area contributed by atoms with Crippen LogP contribution in [0.1, 0.15) is 50.1 Å². The van der Waals surface area contributed by atoms with Crippen LogP contribution >= 0.6 is 0 Å². The number of nitrogens with two attached hydrogens (primary N) is 1. The van der Waals surface area contributed by atoms with E-state index >= 15 is 0 Å². The Labute approximate surface area is 101 Å². The summed E-state index contributed by atoms with van der Waals surface area (Å²) in [6.07, 6.45) is 6.62. The van der Waals surface area contributed by atoms with Gasteiger partial charge >= 0.3 is 0 Å². The molecular weight excluding hydrogens is 220 g/mol. The number of rotatable bonds is 2. The van der Waals surface area contributed by atoms with Gasteiger partial charge in [-0.25, -0.2) is 8.78 Å². The molecule has 0 amide bonds. The molecule has 94 valence electrons. The van der Waals surface area contributed by atoms with Crippen molar-refractivity contribution in [3.63, 3.8) is 0 Å². The van der Waals surface area contributed by atoms with Crippen LogP contribution in [0.3, 0.4) is 0 Å². The monoisotopic (exact) mass is 239 g/mol. The molecule has 3 heteroatoms. The van der Waals surface area contributed by atoms with Gasteiger partial charge in [0.25, 0.3) is 0 Å². The third-order valence-corrected chi connectivity index (χ3v) is 3.74. The van der Waals surface area contributed by atoms with Gasteiger partial charge in [0.1, 0.15) is 11.6 Å². The minimum atomic E-state index is -0.512. The Morgan fingerprint density at radius 1 is 1.00 bits per heavy atom. The minimum Gasteiger partial charge on any atom is -0.324 e. The van der Waals surface area contributed by atoms with Gasteiger partial charge in [0.05, 0.1) is 0 Å². The van der Waals surface area contributed by atoms with Gasteiger partial charge in [-0.15, -0.1) is 0 Å². The molecule has 2 N–H and O–H groups in total. The predicted octanol–water partition coefficient (Wildman–Crippen LogP) is 3.94. The van der Waals surface area contributed by atoms with E-state index in [2.05, 4.69) is 0 Å². The lowest BCUT2D eigenvalue weighted by molar-refractivity contribution is 0.362. The fraction of sp³-hybridized carbons (Fsp3) is 0.571. The fourth-order valence-corrected chi connectivity index (χ4v) is 2.73. The second-order valence-corrected chi connectivity index (χ2v) is 4.91. The molecule has 1 nitrogen and oxygen atoms in total. The Balaban J connectivity index is 2.20. The van der Waals surface area contributed by atoms with Crippen molar-refractivity contribution < 1.29 is 8.78 Å². The molecule has 0 saturated heterocycles. The molecule has 0 spiro atoms. The maximum Gasteiger partial charge on any atom is 0.130 e. The standard InChI is InChI=1S/C14H19F2N/c15-11-8-5-9-12(16)13(11)14(17)10-6-3-1-2-4-7-10/h5,8-10,14H,1-4,6-7,17H2. The molecule has 0 aromatic heterocycles. The van der Waals surface area contributed by atoms with Crippen LogP contribution in [0.4, 0.5) is 8.78 Å². The molecule has 0 radical (unpaired) electrons. The van der Waals surface area contributed by atoms with Gasteiger partial charge in [-0.3, -0.25) is 0 Å². The molecule has 1 unspecified atom stereocenters. The van der Waals surface area contributed by atoms with Crippen LogP contribution in [0.15, 0.2) is 18.2 Å². The Bertz CT molecular complexity index is 350. The zero-order valence-electron chi connectivity index (χ0n) is 9.96. The Hall–Kier alpha value is -0.960. The van der Waals surface area contributed by atoms with E-state index < -0.39 is 17.7 Å². The van der Waals surface area contributed by atoms with Crippen molar-refractivity contribution in [1.82, 2.24) is 0 Å². The second kappa shape index (κ2) is 5.58. The lowest BCUT2D eigenvalue weighted by atomic mass is 9.87. The molecular formula is C14H19F2N. The van der Waals surface area contributed by atoms with E-state index in [4.69, 9.17) is 5.73 Å². The Morgan fingerprint density at radius 2 is 1.53 bits per heavy atom. The summed E-state index contributed by atoms with van der Waals surface area (Å²) >= 11 is 0. The highest BCUT2D eigenvalue weighted by Crippen LogP contribution is 2.33. The molecule has 1 aromatic rings. The number of benzene rings is 1. The minimum absolute atomic E-state index is 0.0689. The van der Waals surface area contributed by atoms with Crippen LogP contribution in [0.25, 0.3) is 0 Å². The van der Waals surface area contributed by atoms with Crippen molar-refractivity contribution in [2.75, 3.05) is 0 Å². The zero-order chi connectivity index (χ0) is 12.3. The van der Waals surface area contributed by atoms with Crippen molar-refractivity contribution in [3.8, 4) is 0 Å². The zero-order valence-corrected chi connectivity index (χ0v) is 9.96. The molecule has 1 aromatic carbocycles. The topological polar surface area (TPSA) is 26.0 Å². The number of halogens is 2. The summed E-state index contributed by atoms with van der Waals surface area (Å²) in [6.45, 7) is 0. The Morgan fingerprint density at radius 3 is 2.06 bits per heavy atom. The molecule has 1 fully saturated rings. The summed E-state index contributed by atoms with van der Waals surface area (Å²) in [6, 6.07) is 3.45. The lowest BCUT2D eigenvalue weighted by Gasteiger charge is -2.23. The van der Waals surface area contributed by atoms with E-state index in [-0.39, 0.29) is 11.5 Å². The highest BCUT2D eigenvalue weighted by molar-refractivity contribution is 5.23. The third kappa shape index (κ3) is 2.83. The Kier molecular flexibility index (Phi) is 4.11. The van der Waals surface area contributed by atoms with Crippen molar-refractivity contribution in [2.45, 2.75) is 44.6 Å². The van der Waals surface area contributed by atoms with Crippen LogP contribution in [-0.4, -0.2) is 0 Å². The van der Waals surface area contributed by atoms with Crippen LogP contribution in [0, 0.1) is 17.6 Å². The van der Waals surface area contributed by atoms with Gasteiger partial charge in [0.2, 0.25) is 0 Å². The molecule has 0 bridgehead atoms. The molecule has 0 aliphatic heterocycles. The molecule has 1 saturated carbocycles. The van der Waals surface area contributed by atoms with Crippen LogP contribution < -0.4 is 5.73 Å². The van der Waals surface area contributed by atoms with Crippen molar-refractivity contribution in [1.29, 1.82) is 0 Å². The van der Waals surface area contributed by atoms with Gasteiger partial charge in [0.15, 0.2) is 0 Å². The highest BCUT2D eigenvalue weighted by Gasteiger charge is 2.25. The van der Waals surface area contributed by atoms with Crippen LogP contribution in [0.5, 0.6) is 0 Å². The van der Waals surface area contributed by atoms with E-state index in [1.165, 1.54) is 31.0 Å². The summed E-state index contributed by atoms with van der Waals surface area (Å²) in [5.41, 5.74) is 6.13. The van der Waals surface area contributed by atoms with Crippen LogP contribution in [0.2, 0.25) is 0 Å². The molecule has 17 heavy (non-hydrogen) atoms. The SMILES string of the molecule is NC(c1c(F)cccc1F)C1CCCCCC1. The van der Waals surface area contributed by atoms with Crippen LogP contribution in [-0.2, 0) is 0 Å². The first-order chi connectivity index (χ1) is 8.20. The van der Waals surface area contributed by atoms with Gasteiger partial charge in [0, 0.05) is 11.6 Å². The van der Waals surface area contributed by atoms with E-state index in [1.54, 1.807) is 0 Å². The van der Waals surface area contributed by atoms with E-state index in [1.807, 2.05) is 0 Å². The number of hydrogen-bond donors (Lipinski definition) is 1. The summed E-state index contributed by atoms with van der Waals surface area (Å²) in [5.74, 6) is -0.813. The first-order valence-electron chi connectivity index (χ1n) is 6.39. The molecule has 1 aliphatic carbocycles. The molecule has 0 heterocycles. The summed E-state index contributed by atoms with van der Waals surface area (Å²) in [5, 5.41) is 0. The van der Waals surface area contributed by atoms with Gasteiger partial charge in [-0.1, -0.05) is 31.7 Å². The van der Waals surface area contributed by atoms with E-state index in [9.17, 15) is 8.78 Å². The smallest absolute Gasteiger partial charge is 0.130 e. The first kappa shape index (κ1) is 12.5. The van der Waals surface area contributed by atoms with Crippen molar-refractivity contribution in [3.05, 3.63) is 35.4 Å². The second-order valence-electron chi connectivity index (χ2n) is 4.91. The van der Waals surface area contributed by atoms with Gasteiger partial charge < -0.3 is 5.73 Å². The van der Waals surface area contributed by atoms with E-state index in [0.717, 1.165) is 25.7 Å². The largest absolute Gasteiger partial charge is 0.324 e. The molecule has 1 aliphatic rings. The summed E-state index contributed by atoms with van der Waals surface area (Å²) in [4.78, 5) is 0. The van der Waals surface area contributed by atoms with Gasteiger partial charge in [-0.2, -0.15) is 0 Å². The normalized spacial score (nSPS) is 19.9. The van der Waals surface area contributed by atoms with Crippen molar-refractivity contribution in [2.24, 2.45) is 11.7 Å². The average molecular weight is 239 g/mol. The quantitative estimate of drug-likeness (QED) is 0.777. The summed E-state index contributed by atoms with van der Waals surface area (Å²) < 4.78 is 27.3. The summed E-state index contributed by atoms with van der Waals surface area (Å²) in [7, 11) is 0.